The summed E-state index contributed by atoms with van der Waals surface area (Å²) in [6, 6.07) is 0. The van der Waals surface area contributed by atoms with Crippen LogP contribution in [0.1, 0.15) is 33.1 Å². The minimum Gasteiger partial charge on any atom is -0.316 e. The highest BCUT2D eigenvalue weighted by Crippen LogP contribution is 1.99. The maximum Gasteiger partial charge on any atom is -0.00117 e. The number of hydrogen-bond acceptors (Lipinski definition) is 1. The maximum atomic E-state index is 3.93. The van der Waals surface area contributed by atoms with Crippen LogP contribution in [0.4, 0.5) is 0 Å². The lowest BCUT2D eigenvalue weighted by atomic mass is 10.2. The van der Waals surface area contributed by atoms with E-state index in [4.69, 9.17) is 0 Å². The van der Waals surface area contributed by atoms with Crippen molar-refractivity contribution in [2.45, 2.75) is 33.1 Å². The Balaban J connectivity index is 2.96. The van der Waals surface area contributed by atoms with Crippen LogP contribution in [-0.4, -0.2) is 13.1 Å². The van der Waals surface area contributed by atoms with Gasteiger partial charge in [-0.1, -0.05) is 26.0 Å². The van der Waals surface area contributed by atoms with Gasteiger partial charge in [-0.3, -0.25) is 0 Å². The van der Waals surface area contributed by atoms with Crippen LogP contribution in [0.25, 0.3) is 0 Å². The van der Waals surface area contributed by atoms with Crippen molar-refractivity contribution in [3.8, 4) is 0 Å². The van der Waals surface area contributed by atoms with Gasteiger partial charge in [0.25, 0.3) is 0 Å². The lowest BCUT2D eigenvalue weighted by molar-refractivity contribution is 0.664. The van der Waals surface area contributed by atoms with Gasteiger partial charge in [-0.05, 0) is 32.4 Å². The Morgan fingerprint density at radius 2 is 2.00 bits per heavy atom. The van der Waals surface area contributed by atoms with Crippen LogP contribution in [0, 0.1) is 0 Å². The molecule has 0 fully saturated rings. The lowest BCUT2D eigenvalue weighted by Crippen LogP contribution is -2.16. The van der Waals surface area contributed by atoms with Gasteiger partial charge in [0.05, 0.1) is 0 Å². The van der Waals surface area contributed by atoms with E-state index < -0.39 is 0 Å². The quantitative estimate of drug-likeness (QED) is 0.442. The van der Waals surface area contributed by atoms with Gasteiger partial charge in [-0.25, -0.2) is 0 Å². The zero-order chi connectivity index (χ0) is 7.82. The minimum atomic E-state index is 1.10. The molecule has 1 nitrogen and oxygen atoms in total. The Hall–Kier alpha value is -0.300. The fourth-order valence-electron chi connectivity index (χ4n) is 0.744. The highest BCUT2D eigenvalue weighted by molar-refractivity contribution is 4.92. The van der Waals surface area contributed by atoms with Crippen molar-refractivity contribution in [3.05, 3.63) is 12.2 Å². The summed E-state index contributed by atoms with van der Waals surface area (Å²) in [4.78, 5) is 0. The van der Waals surface area contributed by atoms with Crippen molar-refractivity contribution in [1.82, 2.24) is 5.32 Å². The molecule has 0 amide bonds. The second kappa shape index (κ2) is 6.81. The second-order valence-electron chi connectivity index (χ2n) is 2.60. The van der Waals surface area contributed by atoms with E-state index in [1.807, 2.05) is 0 Å². The Bertz CT molecular complexity index is 86.7. The van der Waals surface area contributed by atoms with Gasteiger partial charge in [0.15, 0.2) is 0 Å². The Kier molecular flexibility index (Phi) is 6.61. The topological polar surface area (TPSA) is 12.0 Å². The van der Waals surface area contributed by atoms with E-state index in [2.05, 4.69) is 25.7 Å². The van der Waals surface area contributed by atoms with Gasteiger partial charge in [-0.2, -0.15) is 0 Å². The molecule has 0 aliphatic carbocycles. The fourth-order valence-corrected chi connectivity index (χ4v) is 0.744. The van der Waals surface area contributed by atoms with Crippen molar-refractivity contribution in [2.75, 3.05) is 13.1 Å². The summed E-state index contributed by atoms with van der Waals surface area (Å²) in [5.74, 6) is 0. The van der Waals surface area contributed by atoms with Crippen LogP contribution >= 0.6 is 0 Å². The molecule has 0 aromatic rings. The summed E-state index contributed by atoms with van der Waals surface area (Å²) in [5.41, 5.74) is 1.35. The maximum absolute atomic E-state index is 3.93. The predicted octanol–water partition coefficient (Wildman–Crippen LogP) is 2.34. The first-order valence-electron chi connectivity index (χ1n) is 4.18. The number of rotatable bonds is 6. The van der Waals surface area contributed by atoms with Crippen molar-refractivity contribution in [3.63, 3.8) is 0 Å². The van der Waals surface area contributed by atoms with Gasteiger partial charge >= 0.3 is 0 Å². The second-order valence-corrected chi connectivity index (χ2v) is 2.60. The van der Waals surface area contributed by atoms with Crippen molar-refractivity contribution < 1.29 is 0 Å². The van der Waals surface area contributed by atoms with Crippen LogP contribution in [0.15, 0.2) is 12.2 Å². The van der Waals surface area contributed by atoms with E-state index in [9.17, 15) is 0 Å². The molecule has 0 aromatic heterocycles. The Morgan fingerprint density at radius 1 is 1.30 bits per heavy atom. The lowest BCUT2D eigenvalue weighted by Gasteiger charge is -2.02. The van der Waals surface area contributed by atoms with Gasteiger partial charge in [0.2, 0.25) is 0 Å². The van der Waals surface area contributed by atoms with Crippen LogP contribution in [0.5, 0.6) is 0 Å². The first-order valence-corrected chi connectivity index (χ1v) is 4.18. The van der Waals surface area contributed by atoms with Gasteiger partial charge in [-0.15, -0.1) is 0 Å². The molecule has 0 bridgehead atoms. The average molecular weight is 141 g/mol. The SMILES string of the molecule is C=C(CC)CCNCCC. The predicted molar refractivity (Wildman–Crippen MR) is 47.2 cm³/mol. The molecule has 0 heterocycles. The monoisotopic (exact) mass is 141 g/mol. The summed E-state index contributed by atoms with van der Waals surface area (Å²) in [6.45, 7) is 10.5. The first kappa shape index (κ1) is 9.70. The van der Waals surface area contributed by atoms with Crippen molar-refractivity contribution in [1.29, 1.82) is 0 Å². The van der Waals surface area contributed by atoms with E-state index >= 15 is 0 Å². The molecule has 10 heavy (non-hydrogen) atoms. The van der Waals surface area contributed by atoms with Gasteiger partial charge in [0, 0.05) is 0 Å². The summed E-state index contributed by atoms with van der Waals surface area (Å²) >= 11 is 0. The summed E-state index contributed by atoms with van der Waals surface area (Å²) in [5, 5.41) is 3.34. The zero-order valence-corrected chi connectivity index (χ0v) is 7.24. The molecule has 60 valence electrons. The third-order valence-electron chi connectivity index (χ3n) is 1.58. The van der Waals surface area contributed by atoms with Crippen molar-refractivity contribution >= 4 is 0 Å². The third-order valence-corrected chi connectivity index (χ3v) is 1.58. The van der Waals surface area contributed by atoms with E-state index in [1.54, 1.807) is 0 Å². The van der Waals surface area contributed by atoms with E-state index in [0.29, 0.717) is 0 Å². The van der Waals surface area contributed by atoms with E-state index in [1.165, 1.54) is 12.0 Å². The highest BCUT2D eigenvalue weighted by Gasteiger charge is 1.88. The van der Waals surface area contributed by atoms with Crippen LogP contribution < -0.4 is 5.32 Å². The molecular weight excluding hydrogens is 122 g/mol. The molecule has 0 saturated heterocycles. The molecule has 0 aromatic carbocycles. The minimum absolute atomic E-state index is 1.10. The summed E-state index contributed by atoms with van der Waals surface area (Å²) in [6.07, 6.45) is 3.48. The highest BCUT2D eigenvalue weighted by atomic mass is 14.8. The normalized spacial score (nSPS) is 9.80. The standard InChI is InChI=1S/C9H19N/c1-4-7-10-8-6-9(3)5-2/h10H,3-8H2,1-2H3. The molecule has 0 atom stereocenters. The van der Waals surface area contributed by atoms with E-state index in [0.717, 1.165) is 25.9 Å². The molecule has 0 unspecified atom stereocenters. The van der Waals surface area contributed by atoms with Gasteiger partial charge < -0.3 is 5.32 Å². The summed E-state index contributed by atoms with van der Waals surface area (Å²) in [7, 11) is 0. The molecule has 0 aliphatic rings. The number of nitrogens with one attached hydrogen (secondary N) is 1. The average Bonchev–Trinajstić information content (AvgIpc) is 1.98. The first-order chi connectivity index (χ1) is 4.81. The largest absolute Gasteiger partial charge is 0.316 e. The fraction of sp³-hybridized carbons (Fsp3) is 0.778. The molecule has 0 saturated carbocycles. The van der Waals surface area contributed by atoms with Crippen LogP contribution in [-0.2, 0) is 0 Å². The smallest absolute Gasteiger partial charge is 0.00117 e. The molecule has 1 heteroatoms. The van der Waals surface area contributed by atoms with Crippen LogP contribution in [0.3, 0.4) is 0 Å². The van der Waals surface area contributed by atoms with Gasteiger partial charge in [0.1, 0.15) is 0 Å². The molecule has 0 spiro atoms. The Morgan fingerprint density at radius 3 is 2.50 bits per heavy atom. The summed E-state index contributed by atoms with van der Waals surface area (Å²) < 4.78 is 0. The molecule has 0 aliphatic heterocycles. The van der Waals surface area contributed by atoms with E-state index in [-0.39, 0.29) is 0 Å². The molecule has 1 N–H and O–H groups in total. The third kappa shape index (κ3) is 5.83. The molecule has 0 rings (SSSR count). The zero-order valence-electron chi connectivity index (χ0n) is 7.24. The molecule has 0 radical (unpaired) electrons. The molecular formula is C9H19N. The number of hydrogen-bond donors (Lipinski definition) is 1. The Labute approximate surface area is 64.5 Å². The van der Waals surface area contributed by atoms with Crippen molar-refractivity contribution in [2.24, 2.45) is 0 Å². The van der Waals surface area contributed by atoms with Crippen LogP contribution in [0.2, 0.25) is 0 Å².